The molecule has 0 bridgehead atoms. The Labute approximate surface area is 179 Å². The van der Waals surface area contributed by atoms with Crippen molar-refractivity contribution in [2.24, 2.45) is 0 Å². The van der Waals surface area contributed by atoms with Crippen molar-refractivity contribution in [2.45, 2.75) is 6.42 Å². The lowest BCUT2D eigenvalue weighted by Crippen LogP contribution is -2.14. The first-order chi connectivity index (χ1) is 14.7. The summed E-state index contributed by atoms with van der Waals surface area (Å²) in [5.41, 5.74) is 4.60. The average molecular weight is 413 g/mol. The lowest BCUT2D eigenvalue weighted by atomic mass is 10.0. The highest BCUT2D eigenvalue weighted by atomic mass is 32.1. The molecule has 2 N–H and O–H groups in total. The zero-order valence-electron chi connectivity index (χ0n) is 16.2. The molecule has 0 saturated heterocycles. The van der Waals surface area contributed by atoms with Crippen LogP contribution in [0.4, 0.5) is 11.4 Å². The van der Waals surface area contributed by atoms with E-state index >= 15 is 0 Å². The Kier molecular flexibility index (Phi) is 6.01. The van der Waals surface area contributed by atoms with Crippen LogP contribution in [-0.4, -0.2) is 11.8 Å². The molecule has 4 nitrogen and oxygen atoms in total. The summed E-state index contributed by atoms with van der Waals surface area (Å²) in [6.45, 7) is 0. The average Bonchev–Trinajstić information content (AvgIpc) is 3.31. The minimum absolute atomic E-state index is 0.0853. The minimum Gasteiger partial charge on any atom is -0.326 e. The second-order valence-corrected chi connectivity index (χ2v) is 7.74. The van der Waals surface area contributed by atoms with E-state index in [0.29, 0.717) is 22.7 Å². The zero-order valence-corrected chi connectivity index (χ0v) is 17.0. The first kappa shape index (κ1) is 19.6. The minimum atomic E-state index is -0.138. The molecule has 0 atom stereocenters. The van der Waals surface area contributed by atoms with E-state index in [9.17, 15) is 9.59 Å². The fourth-order valence-electron chi connectivity index (χ4n) is 3.07. The first-order valence-electron chi connectivity index (χ1n) is 9.56. The maximum Gasteiger partial charge on any atom is 0.265 e. The molecular formula is C25H20N2O2S. The van der Waals surface area contributed by atoms with Gasteiger partial charge in [-0.05, 0) is 52.4 Å². The van der Waals surface area contributed by atoms with Gasteiger partial charge in [0.25, 0.3) is 5.91 Å². The molecule has 3 aromatic carbocycles. The summed E-state index contributed by atoms with van der Waals surface area (Å²) in [5, 5.41) is 7.60. The zero-order chi connectivity index (χ0) is 20.8. The molecule has 1 aromatic heterocycles. The number of hydrogen-bond acceptors (Lipinski definition) is 3. The van der Waals surface area contributed by atoms with E-state index in [1.165, 1.54) is 11.3 Å². The molecule has 4 aromatic rings. The van der Waals surface area contributed by atoms with Crippen molar-refractivity contribution in [1.29, 1.82) is 0 Å². The van der Waals surface area contributed by atoms with Crippen molar-refractivity contribution in [3.05, 3.63) is 107 Å². The maximum atomic E-state index is 12.4. The highest BCUT2D eigenvalue weighted by Crippen LogP contribution is 2.20. The number of anilines is 2. The summed E-state index contributed by atoms with van der Waals surface area (Å²) in [6, 6.07) is 28.9. The van der Waals surface area contributed by atoms with Crippen molar-refractivity contribution in [3.63, 3.8) is 0 Å². The van der Waals surface area contributed by atoms with Crippen LogP contribution in [0.5, 0.6) is 0 Å². The van der Waals surface area contributed by atoms with Crippen LogP contribution in [0, 0.1) is 0 Å². The van der Waals surface area contributed by atoms with Gasteiger partial charge in [-0.25, -0.2) is 0 Å². The van der Waals surface area contributed by atoms with Gasteiger partial charge in [0.1, 0.15) is 0 Å². The predicted octanol–water partition coefficient (Wildman–Crippen LogP) is 5.85. The van der Waals surface area contributed by atoms with Crippen molar-refractivity contribution < 1.29 is 9.59 Å². The van der Waals surface area contributed by atoms with E-state index < -0.39 is 0 Å². The standard InChI is InChI=1S/C25H20N2O2S/c28-24(17-18-8-10-20(11-9-18)19-5-2-1-3-6-19)26-21-12-14-22(15-13-21)27-25(29)23-7-4-16-30-23/h1-16H,17H2,(H,26,28)(H,27,29). The number of carbonyl (C=O) groups excluding carboxylic acids is 2. The molecule has 0 saturated carbocycles. The van der Waals surface area contributed by atoms with Crippen LogP contribution < -0.4 is 10.6 Å². The van der Waals surface area contributed by atoms with E-state index in [2.05, 4.69) is 22.8 Å². The summed E-state index contributed by atoms with van der Waals surface area (Å²) in [6.07, 6.45) is 0.298. The highest BCUT2D eigenvalue weighted by molar-refractivity contribution is 7.12. The van der Waals surface area contributed by atoms with Crippen molar-refractivity contribution >= 4 is 34.5 Å². The summed E-state index contributed by atoms with van der Waals surface area (Å²) >= 11 is 1.39. The van der Waals surface area contributed by atoms with Gasteiger partial charge in [0.05, 0.1) is 11.3 Å². The molecule has 148 valence electrons. The van der Waals surface area contributed by atoms with Crippen molar-refractivity contribution in [2.75, 3.05) is 10.6 Å². The Hall–Kier alpha value is -3.70. The molecular weight excluding hydrogens is 392 g/mol. The normalized spacial score (nSPS) is 10.4. The molecule has 0 spiro atoms. The number of amides is 2. The molecule has 5 heteroatoms. The third-order valence-corrected chi connectivity index (χ3v) is 5.47. The first-order valence-corrected chi connectivity index (χ1v) is 10.4. The molecule has 4 rings (SSSR count). The van der Waals surface area contributed by atoms with Gasteiger partial charge in [0.2, 0.25) is 5.91 Å². The molecule has 0 fully saturated rings. The molecule has 0 radical (unpaired) electrons. The second-order valence-electron chi connectivity index (χ2n) is 6.80. The molecule has 2 amide bonds. The number of nitrogens with one attached hydrogen (secondary N) is 2. The Morgan fingerprint density at radius 3 is 1.93 bits per heavy atom. The Morgan fingerprint density at radius 1 is 0.667 bits per heavy atom. The van der Waals surface area contributed by atoms with E-state index in [4.69, 9.17) is 0 Å². The topological polar surface area (TPSA) is 58.2 Å². The van der Waals surface area contributed by atoms with Gasteiger partial charge in [-0.3, -0.25) is 9.59 Å². The third-order valence-electron chi connectivity index (χ3n) is 4.60. The lowest BCUT2D eigenvalue weighted by molar-refractivity contribution is -0.115. The van der Waals surface area contributed by atoms with Crippen LogP contribution in [0.15, 0.2) is 96.4 Å². The van der Waals surface area contributed by atoms with Gasteiger partial charge in [0, 0.05) is 11.4 Å². The van der Waals surface area contributed by atoms with Crippen LogP contribution in [0.1, 0.15) is 15.2 Å². The van der Waals surface area contributed by atoms with Crippen LogP contribution in [0.25, 0.3) is 11.1 Å². The number of carbonyl (C=O) groups is 2. The maximum absolute atomic E-state index is 12.4. The van der Waals surface area contributed by atoms with E-state index in [0.717, 1.165) is 16.7 Å². The van der Waals surface area contributed by atoms with Crippen LogP contribution >= 0.6 is 11.3 Å². The second kappa shape index (κ2) is 9.20. The largest absolute Gasteiger partial charge is 0.326 e. The van der Waals surface area contributed by atoms with Crippen molar-refractivity contribution in [3.8, 4) is 11.1 Å². The van der Waals surface area contributed by atoms with E-state index in [-0.39, 0.29) is 11.8 Å². The predicted molar refractivity (Wildman–Crippen MR) is 123 cm³/mol. The summed E-state index contributed by atoms with van der Waals surface area (Å²) in [4.78, 5) is 25.1. The van der Waals surface area contributed by atoms with Crippen LogP contribution in [0.3, 0.4) is 0 Å². The fraction of sp³-hybridized carbons (Fsp3) is 0.0400. The Morgan fingerprint density at radius 2 is 1.30 bits per heavy atom. The highest BCUT2D eigenvalue weighted by Gasteiger charge is 2.08. The Bertz CT molecular complexity index is 1120. The van der Waals surface area contributed by atoms with Crippen molar-refractivity contribution in [1.82, 2.24) is 0 Å². The van der Waals surface area contributed by atoms with Crippen LogP contribution in [0.2, 0.25) is 0 Å². The quantitative estimate of drug-likeness (QED) is 0.417. The molecule has 1 heterocycles. The molecule has 30 heavy (non-hydrogen) atoms. The number of benzene rings is 3. The summed E-state index contributed by atoms with van der Waals surface area (Å²) in [5.74, 6) is -0.224. The fourth-order valence-corrected chi connectivity index (χ4v) is 3.69. The third kappa shape index (κ3) is 5.01. The number of thiophene rings is 1. The Balaban J connectivity index is 1.32. The number of rotatable bonds is 6. The molecule has 0 unspecified atom stereocenters. The molecule has 0 aliphatic heterocycles. The smallest absolute Gasteiger partial charge is 0.265 e. The SMILES string of the molecule is O=C(Cc1ccc(-c2ccccc2)cc1)Nc1ccc(NC(=O)c2cccs2)cc1. The molecule has 0 aliphatic carbocycles. The van der Waals surface area contributed by atoms with Gasteiger partial charge in [0.15, 0.2) is 0 Å². The summed E-state index contributed by atoms with van der Waals surface area (Å²) < 4.78 is 0. The lowest BCUT2D eigenvalue weighted by Gasteiger charge is -2.08. The van der Waals surface area contributed by atoms with Gasteiger partial charge in [-0.15, -0.1) is 11.3 Å². The molecule has 0 aliphatic rings. The number of hydrogen-bond donors (Lipinski definition) is 2. The van der Waals surface area contributed by atoms with Gasteiger partial charge < -0.3 is 10.6 Å². The van der Waals surface area contributed by atoms with Crippen LogP contribution in [-0.2, 0) is 11.2 Å². The van der Waals surface area contributed by atoms with Gasteiger partial charge in [-0.2, -0.15) is 0 Å². The van der Waals surface area contributed by atoms with E-state index in [1.54, 1.807) is 30.3 Å². The van der Waals surface area contributed by atoms with E-state index in [1.807, 2.05) is 53.9 Å². The van der Waals surface area contributed by atoms with Gasteiger partial charge >= 0.3 is 0 Å². The monoisotopic (exact) mass is 412 g/mol. The summed E-state index contributed by atoms with van der Waals surface area (Å²) in [7, 11) is 0. The van der Waals surface area contributed by atoms with Gasteiger partial charge in [-0.1, -0.05) is 60.7 Å².